The van der Waals surface area contributed by atoms with E-state index in [1.807, 2.05) is 25.1 Å². The predicted octanol–water partition coefficient (Wildman–Crippen LogP) is 2.84. The zero-order valence-electron chi connectivity index (χ0n) is 9.82. The summed E-state index contributed by atoms with van der Waals surface area (Å²) >= 11 is 0. The predicted molar refractivity (Wildman–Crippen MR) is 66.3 cm³/mol. The number of ketones is 1. The second-order valence-electron chi connectivity index (χ2n) is 4.62. The monoisotopic (exact) mass is 229 g/mol. The zero-order valence-corrected chi connectivity index (χ0v) is 9.82. The Bertz CT molecular complexity index is 565. The number of aromatic nitrogens is 1. The van der Waals surface area contributed by atoms with Crippen molar-refractivity contribution in [2.75, 3.05) is 6.61 Å². The van der Waals surface area contributed by atoms with Gasteiger partial charge in [-0.25, -0.2) is 0 Å². The van der Waals surface area contributed by atoms with E-state index < -0.39 is 0 Å². The van der Waals surface area contributed by atoms with Crippen LogP contribution in [0, 0.1) is 6.92 Å². The lowest BCUT2D eigenvalue weighted by Crippen LogP contribution is -2.19. The van der Waals surface area contributed by atoms with Gasteiger partial charge in [-0.15, -0.1) is 0 Å². The van der Waals surface area contributed by atoms with Crippen LogP contribution in [0.25, 0.3) is 10.9 Å². The normalized spacial score (nSPS) is 19.9. The highest BCUT2D eigenvalue weighted by atomic mass is 16.5. The van der Waals surface area contributed by atoms with Crippen molar-refractivity contribution in [2.45, 2.75) is 25.9 Å². The largest absolute Gasteiger partial charge is 0.370 e. The maximum Gasteiger partial charge on any atom is 0.193 e. The van der Waals surface area contributed by atoms with Crippen LogP contribution in [0.2, 0.25) is 0 Å². The molecule has 3 rings (SSSR count). The molecule has 0 aliphatic carbocycles. The fourth-order valence-electron chi connectivity index (χ4n) is 2.40. The van der Waals surface area contributed by atoms with Crippen molar-refractivity contribution in [3.8, 4) is 0 Å². The number of hydrogen-bond acceptors (Lipinski definition) is 2. The lowest BCUT2D eigenvalue weighted by molar-refractivity contribution is 0.0644. The van der Waals surface area contributed by atoms with Gasteiger partial charge in [0, 0.05) is 29.3 Å². The summed E-state index contributed by atoms with van der Waals surface area (Å²) in [5.74, 6) is 0.111. The molecule has 1 aromatic heterocycles. The molecule has 17 heavy (non-hydrogen) atoms. The summed E-state index contributed by atoms with van der Waals surface area (Å²) in [6, 6.07) is 6.10. The van der Waals surface area contributed by atoms with Gasteiger partial charge in [-0.3, -0.25) is 4.79 Å². The third kappa shape index (κ3) is 1.76. The average Bonchev–Trinajstić information content (AvgIpc) is 2.97. The Morgan fingerprint density at radius 2 is 2.35 bits per heavy atom. The van der Waals surface area contributed by atoms with Crippen LogP contribution in [0.3, 0.4) is 0 Å². The second-order valence-corrected chi connectivity index (χ2v) is 4.62. The molecular weight excluding hydrogens is 214 g/mol. The highest BCUT2D eigenvalue weighted by molar-refractivity contribution is 6.10. The average molecular weight is 229 g/mol. The van der Waals surface area contributed by atoms with E-state index in [4.69, 9.17) is 4.74 Å². The van der Waals surface area contributed by atoms with Gasteiger partial charge in [0.1, 0.15) is 6.10 Å². The standard InChI is InChI=1S/C14H15NO2/c1-9-4-5-12-10(7-9)11(8-15-12)14(16)13-3-2-6-17-13/h4-5,7-8,13,15H,2-3,6H2,1H3. The Morgan fingerprint density at radius 3 is 3.12 bits per heavy atom. The van der Waals surface area contributed by atoms with E-state index in [2.05, 4.69) is 4.98 Å². The van der Waals surface area contributed by atoms with E-state index in [0.29, 0.717) is 6.61 Å². The van der Waals surface area contributed by atoms with Crippen molar-refractivity contribution in [1.29, 1.82) is 0 Å². The molecule has 0 bridgehead atoms. The number of carbonyl (C=O) groups is 1. The van der Waals surface area contributed by atoms with Crippen molar-refractivity contribution in [3.05, 3.63) is 35.5 Å². The summed E-state index contributed by atoms with van der Waals surface area (Å²) in [4.78, 5) is 15.4. The van der Waals surface area contributed by atoms with Crippen LogP contribution < -0.4 is 0 Å². The molecule has 1 aliphatic rings. The Hall–Kier alpha value is -1.61. The van der Waals surface area contributed by atoms with E-state index in [1.165, 1.54) is 5.56 Å². The number of fused-ring (bicyclic) bond motifs is 1. The molecule has 2 aromatic rings. The molecule has 3 heteroatoms. The molecule has 2 heterocycles. The zero-order chi connectivity index (χ0) is 11.8. The molecule has 0 saturated carbocycles. The van der Waals surface area contributed by atoms with Gasteiger partial charge >= 0.3 is 0 Å². The van der Waals surface area contributed by atoms with Crippen LogP contribution in [0.1, 0.15) is 28.8 Å². The lowest BCUT2D eigenvalue weighted by Gasteiger charge is -2.06. The number of aromatic amines is 1. The number of rotatable bonds is 2. The number of hydrogen-bond donors (Lipinski definition) is 1. The molecule has 0 amide bonds. The highest BCUT2D eigenvalue weighted by Gasteiger charge is 2.26. The van der Waals surface area contributed by atoms with Crippen molar-refractivity contribution < 1.29 is 9.53 Å². The van der Waals surface area contributed by atoms with Gasteiger partial charge in [0.2, 0.25) is 0 Å². The van der Waals surface area contributed by atoms with Gasteiger partial charge in [0.25, 0.3) is 0 Å². The molecule has 1 fully saturated rings. The maximum atomic E-state index is 12.3. The minimum absolute atomic E-state index is 0.111. The van der Waals surface area contributed by atoms with Crippen molar-refractivity contribution in [2.24, 2.45) is 0 Å². The Labute approximate surface area is 99.8 Å². The van der Waals surface area contributed by atoms with Gasteiger partial charge in [0.05, 0.1) is 0 Å². The first-order valence-corrected chi connectivity index (χ1v) is 5.99. The molecular formula is C14H15NO2. The number of ether oxygens (including phenoxy) is 1. The molecule has 3 nitrogen and oxygen atoms in total. The summed E-state index contributed by atoms with van der Waals surface area (Å²) in [6.07, 6.45) is 3.39. The number of Topliss-reactive ketones (excluding diaryl/α,β-unsaturated/α-hetero) is 1. The SMILES string of the molecule is Cc1ccc2[nH]cc(C(=O)C3CCCO3)c2c1. The molecule has 0 spiro atoms. The molecule has 1 atom stereocenters. The fraction of sp³-hybridized carbons (Fsp3) is 0.357. The third-order valence-corrected chi connectivity index (χ3v) is 3.32. The first-order valence-electron chi connectivity index (χ1n) is 5.99. The van der Waals surface area contributed by atoms with Crippen molar-refractivity contribution >= 4 is 16.7 Å². The van der Waals surface area contributed by atoms with E-state index in [1.54, 1.807) is 6.20 Å². The van der Waals surface area contributed by atoms with Gasteiger partial charge in [-0.1, -0.05) is 11.6 Å². The minimum Gasteiger partial charge on any atom is -0.370 e. The van der Waals surface area contributed by atoms with Crippen LogP contribution in [0.4, 0.5) is 0 Å². The Balaban J connectivity index is 2.04. The van der Waals surface area contributed by atoms with Crippen LogP contribution in [0.5, 0.6) is 0 Å². The molecule has 88 valence electrons. The van der Waals surface area contributed by atoms with E-state index in [0.717, 1.165) is 29.3 Å². The summed E-state index contributed by atoms with van der Waals surface area (Å²) in [7, 11) is 0. The van der Waals surface area contributed by atoms with Gasteiger partial charge < -0.3 is 9.72 Å². The first kappa shape index (κ1) is 10.5. The third-order valence-electron chi connectivity index (χ3n) is 3.32. The summed E-state index contributed by atoms with van der Waals surface area (Å²) < 4.78 is 5.45. The first-order chi connectivity index (χ1) is 8.25. The number of nitrogens with one attached hydrogen (secondary N) is 1. The number of benzene rings is 1. The molecule has 1 unspecified atom stereocenters. The summed E-state index contributed by atoms with van der Waals surface area (Å²) in [6.45, 7) is 2.74. The molecule has 1 aliphatic heterocycles. The number of carbonyl (C=O) groups excluding carboxylic acids is 1. The van der Waals surface area contributed by atoms with Gasteiger partial charge in [-0.2, -0.15) is 0 Å². The molecule has 1 N–H and O–H groups in total. The molecule has 1 aromatic carbocycles. The fourth-order valence-corrected chi connectivity index (χ4v) is 2.40. The lowest BCUT2D eigenvalue weighted by atomic mass is 10.0. The Morgan fingerprint density at radius 1 is 1.47 bits per heavy atom. The van der Waals surface area contributed by atoms with Crippen LogP contribution in [-0.2, 0) is 4.74 Å². The van der Waals surface area contributed by atoms with Gasteiger partial charge in [0.15, 0.2) is 5.78 Å². The number of aryl methyl sites for hydroxylation is 1. The van der Waals surface area contributed by atoms with Gasteiger partial charge in [-0.05, 0) is 31.9 Å². The van der Waals surface area contributed by atoms with E-state index in [9.17, 15) is 4.79 Å². The topological polar surface area (TPSA) is 42.1 Å². The second kappa shape index (κ2) is 4.00. The minimum atomic E-state index is -0.241. The van der Waals surface area contributed by atoms with Crippen LogP contribution in [-0.4, -0.2) is 23.5 Å². The maximum absolute atomic E-state index is 12.3. The van der Waals surface area contributed by atoms with Crippen LogP contribution in [0.15, 0.2) is 24.4 Å². The van der Waals surface area contributed by atoms with E-state index >= 15 is 0 Å². The highest BCUT2D eigenvalue weighted by Crippen LogP contribution is 2.24. The van der Waals surface area contributed by atoms with Crippen molar-refractivity contribution in [3.63, 3.8) is 0 Å². The summed E-state index contributed by atoms with van der Waals surface area (Å²) in [5.41, 5.74) is 2.94. The van der Waals surface area contributed by atoms with E-state index in [-0.39, 0.29) is 11.9 Å². The van der Waals surface area contributed by atoms with Crippen molar-refractivity contribution in [1.82, 2.24) is 4.98 Å². The molecule has 0 radical (unpaired) electrons. The number of H-pyrrole nitrogens is 1. The molecule has 1 saturated heterocycles. The van der Waals surface area contributed by atoms with Crippen LogP contribution >= 0.6 is 0 Å². The summed E-state index contributed by atoms with van der Waals surface area (Å²) in [5, 5.41) is 1.01. The quantitative estimate of drug-likeness (QED) is 0.804. The Kier molecular flexibility index (Phi) is 2.48. The smallest absolute Gasteiger partial charge is 0.193 e.